The molecule has 0 aromatic rings. The molecule has 1 fully saturated rings. The van der Waals surface area contributed by atoms with Gasteiger partial charge in [-0.05, 0) is 27.7 Å². The number of nitrogens with zero attached hydrogens (tertiary/aromatic N) is 1. The van der Waals surface area contributed by atoms with E-state index in [-0.39, 0.29) is 24.9 Å². The molecule has 112 valence electrons. The van der Waals surface area contributed by atoms with Crippen molar-refractivity contribution in [3.63, 3.8) is 0 Å². The first-order valence-corrected chi connectivity index (χ1v) is 6.14. The first-order chi connectivity index (χ1) is 8.24. The first-order valence-electron chi connectivity index (χ1n) is 6.14. The van der Waals surface area contributed by atoms with E-state index in [9.17, 15) is 9.59 Å². The van der Waals surface area contributed by atoms with Gasteiger partial charge in [0.25, 0.3) is 0 Å². The van der Waals surface area contributed by atoms with Crippen LogP contribution in [0, 0.1) is 5.92 Å². The highest BCUT2D eigenvalue weighted by atomic mass is 35.5. The fourth-order valence-electron chi connectivity index (χ4n) is 1.80. The minimum absolute atomic E-state index is 0. The molecule has 2 atom stereocenters. The quantitative estimate of drug-likeness (QED) is 0.773. The molecule has 7 heteroatoms. The van der Waals surface area contributed by atoms with Crippen LogP contribution in [0.15, 0.2) is 0 Å². The largest absolute Gasteiger partial charge is 0.466 e. The van der Waals surface area contributed by atoms with Crippen LogP contribution in [-0.4, -0.2) is 48.3 Å². The fraction of sp³-hybridized carbons (Fsp3) is 0.833. The molecule has 2 N–H and O–H groups in total. The summed E-state index contributed by atoms with van der Waals surface area (Å²) in [4.78, 5) is 24.9. The lowest BCUT2D eigenvalue weighted by molar-refractivity contribution is -0.147. The molecule has 1 saturated heterocycles. The molecule has 0 saturated carbocycles. The van der Waals surface area contributed by atoms with Crippen LogP contribution < -0.4 is 5.73 Å². The fourth-order valence-corrected chi connectivity index (χ4v) is 1.80. The van der Waals surface area contributed by atoms with Gasteiger partial charge in [-0.25, -0.2) is 4.79 Å². The minimum Gasteiger partial charge on any atom is -0.466 e. The second-order valence-electron chi connectivity index (χ2n) is 5.41. The van der Waals surface area contributed by atoms with Crippen LogP contribution in [0.5, 0.6) is 0 Å². The molecule has 1 aliphatic heterocycles. The Morgan fingerprint density at radius 3 is 2.37 bits per heavy atom. The Labute approximate surface area is 120 Å². The van der Waals surface area contributed by atoms with Crippen LogP contribution in [0.25, 0.3) is 0 Å². The average molecular weight is 295 g/mol. The Hall–Kier alpha value is -1.01. The number of hydrogen-bond acceptors (Lipinski definition) is 5. The van der Waals surface area contributed by atoms with Gasteiger partial charge in [-0.3, -0.25) is 4.79 Å². The molecular weight excluding hydrogens is 272 g/mol. The van der Waals surface area contributed by atoms with Crippen LogP contribution in [0.2, 0.25) is 0 Å². The third-order valence-electron chi connectivity index (χ3n) is 2.61. The van der Waals surface area contributed by atoms with E-state index in [0.29, 0.717) is 13.2 Å². The summed E-state index contributed by atoms with van der Waals surface area (Å²) in [5.74, 6) is -0.812. The first kappa shape index (κ1) is 18.0. The van der Waals surface area contributed by atoms with Gasteiger partial charge in [0.2, 0.25) is 0 Å². The number of halogens is 1. The van der Waals surface area contributed by atoms with Gasteiger partial charge in [-0.15, -0.1) is 12.4 Å². The van der Waals surface area contributed by atoms with Gasteiger partial charge in [0.05, 0.1) is 12.5 Å². The molecule has 19 heavy (non-hydrogen) atoms. The molecule has 1 amide bonds. The summed E-state index contributed by atoms with van der Waals surface area (Å²) in [6, 6.07) is -0.392. The van der Waals surface area contributed by atoms with Gasteiger partial charge < -0.3 is 20.1 Å². The third kappa shape index (κ3) is 5.24. The van der Waals surface area contributed by atoms with E-state index in [1.54, 1.807) is 27.7 Å². The molecule has 0 bridgehead atoms. The topological polar surface area (TPSA) is 81.9 Å². The zero-order chi connectivity index (χ0) is 13.9. The van der Waals surface area contributed by atoms with E-state index in [4.69, 9.17) is 15.2 Å². The molecule has 0 aromatic heterocycles. The van der Waals surface area contributed by atoms with Crippen molar-refractivity contribution in [2.24, 2.45) is 11.7 Å². The van der Waals surface area contributed by atoms with Crippen LogP contribution in [0.4, 0.5) is 4.79 Å². The van der Waals surface area contributed by atoms with Gasteiger partial charge in [0.1, 0.15) is 5.60 Å². The maximum Gasteiger partial charge on any atom is 0.410 e. The van der Waals surface area contributed by atoms with Crippen molar-refractivity contribution >= 4 is 24.5 Å². The predicted octanol–water partition coefficient (Wildman–Crippen LogP) is 1.17. The number of carbonyl (C=O) groups excluding carboxylic acids is 2. The van der Waals surface area contributed by atoms with E-state index in [1.165, 1.54) is 4.90 Å². The van der Waals surface area contributed by atoms with Crippen LogP contribution in [0.3, 0.4) is 0 Å². The van der Waals surface area contributed by atoms with Crippen molar-refractivity contribution in [2.75, 3.05) is 19.7 Å². The molecule has 0 spiro atoms. The Morgan fingerprint density at radius 1 is 1.32 bits per heavy atom. The predicted molar refractivity (Wildman–Crippen MR) is 73.2 cm³/mol. The van der Waals surface area contributed by atoms with Gasteiger partial charge in [0.15, 0.2) is 0 Å². The number of esters is 1. The highest BCUT2D eigenvalue weighted by Gasteiger charge is 2.39. The van der Waals surface area contributed by atoms with Crippen molar-refractivity contribution in [3.05, 3.63) is 0 Å². The van der Waals surface area contributed by atoms with Gasteiger partial charge in [-0.2, -0.15) is 0 Å². The third-order valence-corrected chi connectivity index (χ3v) is 2.61. The van der Waals surface area contributed by atoms with Crippen LogP contribution >= 0.6 is 12.4 Å². The SMILES string of the molecule is CCOC(=O)[C@H]1CN(C(=O)OC(C)(C)C)C[C@H]1N.Cl. The average Bonchev–Trinajstić information content (AvgIpc) is 2.58. The van der Waals surface area contributed by atoms with Crippen molar-refractivity contribution < 1.29 is 19.1 Å². The van der Waals surface area contributed by atoms with E-state index >= 15 is 0 Å². The Morgan fingerprint density at radius 2 is 1.89 bits per heavy atom. The van der Waals surface area contributed by atoms with Crippen LogP contribution in [0.1, 0.15) is 27.7 Å². The summed E-state index contributed by atoms with van der Waals surface area (Å²) in [6.45, 7) is 8.02. The van der Waals surface area contributed by atoms with Crippen LogP contribution in [-0.2, 0) is 14.3 Å². The highest BCUT2D eigenvalue weighted by Crippen LogP contribution is 2.20. The van der Waals surface area contributed by atoms with E-state index in [1.807, 2.05) is 0 Å². The van der Waals surface area contributed by atoms with Gasteiger partial charge >= 0.3 is 12.1 Å². The molecule has 0 radical (unpaired) electrons. The van der Waals surface area contributed by atoms with Crippen molar-refractivity contribution in [3.8, 4) is 0 Å². The molecule has 0 aromatic carbocycles. The summed E-state index contributed by atoms with van der Waals surface area (Å²) in [6.07, 6.45) is -0.440. The number of carbonyl (C=O) groups is 2. The van der Waals surface area contributed by atoms with Crippen molar-refractivity contribution in [1.82, 2.24) is 4.90 Å². The van der Waals surface area contributed by atoms with E-state index < -0.39 is 23.7 Å². The summed E-state index contributed by atoms with van der Waals surface area (Å²) >= 11 is 0. The highest BCUT2D eigenvalue weighted by molar-refractivity contribution is 5.85. The molecule has 1 heterocycles. The Kier molecular flexibility index (Phi) is 6.59. The number of rotatable bonds is 2. The normalized spacial score (nSPS) is 22.7. The molecule has 0 aliphatic carbocycles. The minimum atomic E-state index is -0.552. The van der Waals surface area contributed by atoms with Gasteiger partial charge in [-0.1, -0.05) is 0 Å². The number of ether oxygens (including phenoxy) is 2. The molecule has 6 nitrogen and oxygen atoms in total. The number of nitrogens with two attached hydrogens (primary N) is 1. The monoisotopic (exact) mass is 294 g/mol. The maximum atomic E-state index is 11.8. The summed E-state index contributed by atoms with van der Waals surface area (Å²) < 4.78 is 10.2. The molecule has 1 rings (SSSR count). The Balaban J connectivity index is 0.00000324. The smallest absolute Gasteiger partial charge is 0.410 e. The summed E-state index contributed by atoms with van der Waals surface area (Å²) in [7, 11) is 0. The second kappa shape index (κ2) is 6.96. The lowest BCUT2D eigenvalue weighted by atomic mass is 10.1. The Bertz CT molecular complexity index is 330. The van der Waals surface area contributed by atoms with Crippen molar-refractivity contribution in [2.45, 2.75) is 39.3 Å². The van der Waals surface area contributed by atoms with Crippen molar-refractivity contribution in [1.29, 1.82) is 0 Å². The number of likely N-dealkylation sites (tertiary alicyclic amines) is 1. The standard InChI is InChI=1S/C12H22N2O4.ClH/c1-5-17-10(15)8-6-14(7-9(8)13)11(16)18-12(2,3)4;/h8-9H,5-7,13H2,1-4H3;1H/t8-,9+;/m0./s1. The van der Waals surface area contributed by atoms with Gasteiger partial charge in [0, 0.05) is 19.1 Å². The molecule has 0 unspecified atom stereocenters. The number of amides is 1. The van der Waals surface area contributed by atoms with E-state index in [0.717, 1.165) is 0 Å². The molecule has 1 aliphatic rings. The zero-order valence-electron chi connectivity index (χ0n) is 11.8. The van der Waals surface area contributed by atoms with E-state index in [2.05, 4.69) is 0 Å². The molecular formula is C12H23ClN2O4. The zero-order valence-corrected chi connectivity index (χ0v) is 12.7. The lowest BCUT2D eigenvalue weighted by Gasteiger charge is -2.24. The number of hydrogen-bond donors (Lipinski definition) is 1. The summed E-state index contributed by atoms with van der Waals surface area (Å²) in [5, 5.41) is 0. The summed E-state index contributed by atoms with van der Waals surface area (Å²) in [5.41, 5.74) is 5.30. The maximum absolute atomic E-state index is 11.8. The lowest BCUT2D eigenvalue weighted by Crippen LogP contribution is -2.36. The second-order valence-corrected chi connectivity index (χ2v) is 5.41.